The third-order valence-electron chi connectivity index (χ3n) is 7.73. The SMILES string of the molecule is C/C(=C\C(=O)N[C@H](C(=O)N1CCC[C@H]1C(=O)N1CCCCc2ccccc21)C(C)(C)C)c1ccc(OP(=O)(O)O)cc1. The van der Waals surface area contributed by atoms with Crippen LogP contribution in [0.3, 0.4) is 0 Å². The molecule has 2 aromatic rings. The summed E-state index contributed by atoms with van der Waals surface area (Å²) in [6, 6.07) is 12.5. The van der Waals surface area contributed by atoms with E-state index in [1.807, 2.05) is 43.9 Å². The monoisotopic (exact) mass is 597 g/mol. The van der Waals surface area contributed by atoms with Gasteiger partial charge >= 0.3 is 7.82 Å². The first-order valence-electron chi connectivity index (χ1n) is 14.3. The van der Waals surface area contributed by atoms with Crippen LogP contribution in [0.1, 0.15) is 64.5 Å². The van der Waals surface area contributed by atoms with Gasteiger partial charge in [-0.1, -0.05) is 51.1 Å². The zero-order chi connectivity index (χ0) is 30.7. The minimum atomic E-state index is -4.67. The highest BCUT2D eigenvalue weighted by Crippen LogP contribution is 2.37. The van der Waals surface area contributed by atoms with E-state index in [9.17, 15) is 18.9 Å². The number of nitrogens with zero attached hydrogens (tertiary/aromatic N) is 2. The smallest absolute Gasteiger partial charge is 0.404 e. The summed E-state index contributed by atoms with van der Waals surface area (Å²) in [5.41, 5.74) is 2.67. The van der Waals surface area contributed by atoms with Gasteiger partial charge in [0, 0.05) is 24.9 Å². The number of rotatable bonds is 7. The lowest BCUT2D eigenvalue weighted by molar-refractivity contribution is -0.142. The Labute approximate surface area is 247 Å². The molecule has 10 nitrogen and oxygen atoms in total. The quantitative estimate of drug-likeness (QED) is 0.317. The van der Waals surface area contributed by atoms with Gasteiger partial charge in [0.25, 0.3) is 0 Å². The van der Waals surface area contributed by atoms with Crippen molar-refractivity contribution >= 4 is 36.8 Å². The van der Waals surface area contributed by atoms with Crippen molar-refractivity contribution in [1.82, 2.24) is 10.2 Å². The van der Waals surface area contributed by atoms with E-state index in [0.717, 1.165) is 30.5 Å². The third kappa shape index (κ3) is 7.68. The minimum absolute atomic E-state index is 0.00102. The number of allylic oxidation sites excluding steroid dienone is 1. The van der Waals surface area contributed by atoms with E-state index in [-0.39, 0.29) is 17.6 Å². The summed E-state index contributed by atoms with van der Waals surface area (Å²) < 4.78 is 15.6. The van der Waals surface area contributed by atoms with Crippen LogP contribution in [-0.2, 0) is 25.4 Å². The predicted octanol–water partition coefficient (Wildman–Crippen LogP) is 4.45. The normalized spacial score (nSPS) is 18.6. The largest absolute Gasteiger partial charge is 0.524 e. The molecule has 0 unspecified atom stereocenters. The van der Waals surface area contributed by atoms with Gasteiger partial charge in [-0.2, -0.15) is 0 Å². The second kappa shape index (κ2) is 12.8. The second-order valence-electron chi connectivity index (χ2n) is 12.0. The van der Waals surface area contributed by atoms with Crippen LogP contribution in [0.4, 0.5) is 5.69 Å². The summed E-state index contributed by atoms with van der Waals surface area (Å²) >= 11 is 0. The highest BCUT2D eigenvalue weighted by molar-refractivity contribution is 7.46. The Morgan fingerprint density at radius 1 is 1.02 bits per heavy atom. The van der Waals surface area contributed by atoms with Gasteiger partial charge in [0.1, 0.15) is 17.8 Å². The Morgan fingerprint density at radius 3 is 2.38 bits per heavy atom. The van der Waals surface area contributed by atoms with E-state index in [1.165, 1.54) is 18.2 Å². The van der Waals surface area contributed by atoms with Gasteiger partial charge in [-0.3, -0.25) is 24.2 Å². The lowest BCUT2D eigenvalue weighted by Crippen LogP contribution is -2.58. The van der Waals surface area contributed by atoms with Gasteiger partial charge in [0.2, 0.25) is 17.7 Å². The summed E-state index contributed by atoms with van der Waals surface area (Å²) in [5, 5.41) is 2.88. The van der Waals surface area contributed by atoms with E-state index in [4.69, 9.17) is 9.79 Å². The van der Waals surface area contributed by atoms with Crippen LogP contribution in [0.5, 0.6) is 5.75 Å². The third-order valence-corrected chi connectivity index (χ3v) is 8.18. The van der Waals surface area contributed by atoms with Crippen LogP contribution < -0.4 is 14.7 Å². The number of amides is 3. The van der Waals surface area contributed by atoms with Crippen molar-refractivity contribution in [3.05, 3.63) is 65.7 Å². The number of carbonyl (C=O) groups is 3. The Hall–Kier alpha value is -3.46. The number of phosphoric acid groups is 1. The van der Waals surface area contributed by atoms with E-state index in [1.54, 1.807) is 24.0 Å². The number of hydrogen-bond donors (Lipinski definition) is 3. The van der Waals surface area contributed by atoms with Crippen LogP contribution in [0.15, 0.2) is 54.6 Å². The van der Waals surface area contributed by atoms with E-state index >= 15 is 0 Å². The first-order valence-corrected chi connectivity index (χ1v) is 15.8. The molecular formula is C31H40N3O7P. The predicted molar refractivity (Wildman–Crippen MR) is 161 cm³/mol. The summed E-state index contributed by atoms with van der Waals surface area (Å²) in [6.45, 7) is 8.42. The van der Waals surface area contributed by atoms with Crippen LogP contribution in [-0.4, -0.2) is 57.6 Å². The summed E-state index contributed by atoms with van der Waals surface area (Å²) in [4.78, 5) is 62.5. The molecule has 0 radical (unpaired) electrons. The number of hydrogen-bond acceptors (Lipinski definition) is 5. The molecule has 3 amide bonds. The van der Waals surface area contributed by atoms with Crippen LogP contribution in [0, 0.1) is 5.41 Å². The maximum absolute atomic E-state index is 14.0. The molecule has 226 valence electrons. The Kier molecular flexibility index (Phi) is 9.60. The van der Waals surface area contributed by atoms with Crippen molar-refractivity contribution < 1.29 is 33.3 Å². The molecule has 1 fully saturated rings. The summed E-state index contributed by atoms with van der Waals surface area (Å²) in [7, 11) is -4.67. The van der Waals surface area contributed by atoms with Crippen LogP contribution >= 0.6 is 7.82 Å². The second-order valence-corrected chi connectivity index (χ2v) is 13.2. The molecule has 0 spiro atoms. The van der Waals surface area contributed by atoms with E-state index < -0.39 is 31.2 Å². The van der Waals surface area contributed by atoms with Crippen LogP contribution in [0.25, 0.3) is 5.57 Å². The zero-order valence-electron chi connectivity index (χ0n) is 24.6. The van der Waals surface area contributed by atoms with Gasteiger partial charge in [0.15, 0.2) is 0 Å². The number of benzene rings is 2. The lowest BCUT2D eigenvalue weighted by Gasteiger charge is -2.36. The van der Waals surface area contributed by atoms with Crippen molar-refractivity contribution in [3.8, 4) is 5.75 Å². The van der Waals surface area contributed by atoms with Crippen molar-refractivity contribution in [2.24, 2.45) is 5.41 Å². The molecule has 2 aromatic carbocycles. The summed E-state index contributed by atoms with van der Waals surface area (Å²) in [5.74, 6) is -0.808. The molecule has 0 aliphatic carbocycles. The van der Waals surface area contributed by atoms with Crippen molar-refractivity contribution in [1.29, 1.82) is 0 Å². The highest BCUT2D eigenvalue weighted by Gasteiger charge is 2.43. The van der Waals surface area contributed by atoms with Gasteiger partial charge < -0.3 is 19.6 Å². The fourth-order valence-corrected chi connectivity index (χ4v) is 5.98. The highest BCUT2D eigenvalue weighted by atomic mass is 31.2. The Balaban J connectivity index is 1.50. The number of phosphoric ester groups is 1. The first kappa shape index (κ1) is 31.5. The van der Waals surface area contributed by atoms with E-state index in [0.29, 0.717) is 37.1 Å². The lowest BCUT2D eigenvalue weighted by atomic mass is 9.85. The Morgan fingerprint density at radius 2 is 1.71 bits per heavy atom. The molecule has 2 atom stereocenters. The fraction of sp³-hybridized carbons (Fsp3) is 0.452. The number of para-hydroxylation sites is 1. The molecule has 11 heteroatoms. The molecule has 1 saturated heterocycles. The molecule has 2 aliphatic heterocycles. The van der Waals surface area contributed by atoms with Crippen molar-refractivity contribution in [2.45, 2.75) is 71.9 Å². The number of likely N-dealkylation sites (tertiary alicyclic amines) is 1. The maximum Gasteiger partial charge on any atom is 0.524 e. The number of fused-ring (bicyclic) bond motifs is 1. The van der Waals surface area contributed by atoms with Crippen molar-refractivity contribution in [2.75, 3.05) is 18.0 Å². The molecule has 42 heavy (non-hydrogen) atoms. The molecule has 0 saturated carbocycles. The number of nitrogens with one attached hydrogen (secondary N) is 1. The van der Waals surface area contributed by atoms with Crippen LogP contribution in [0.2, 0.25) is 0 Å². The zero-order valence-corrected chi connectivity index (χ0v) is 25.5. The number of carbonyl (C=O) groups excluding carboxylic acids is 3. The molecule has 4 rings (SSSR count). The molecular weight excluding hydrogens is 557 g/mol. The van der Waals surface area contributed by atoms with Gasteiger partial charge in [0.05, 0.1) is 0 Å². The van der Waals surface area contributed by atoms with Gasteiger partial charge in [-0.25, -0.2) is 4.57 Å². The summed E-state index contributed by atoms with van der Waals surface area (Å²) in [6.07, 6.45) is 5.49. The maximum atomic E-state index is 14.0. The number of anilines is 1. The molecule has 0 aromatic heterocycles. The van der Waals surface area contributed by atoms with Gasteiger partial charge in [-0.05, 0) is 79.3 Å². The average molecular weight is 598 g/mol. The van der Waals surface area contributed by atoms with Gasteiger partial charge in [-0.15, -0.1) is 0 Å². The van der Waals surface area contributed by atoms with Crippen molar-refractivity contribution in [3.63, 3.8) is 0 Å². The molecule has 3 N–H and O–H groups in total. The number of aryl methyl sites for hydroxylation is 1. The molecule has 2 heterocycles. The minimum Gasteiger partial charge on any atom is -0.404 e. The van der Waals surface area contributed by atoms with E-state index in [2.05, 4.69) is 15.9 Å². The molecule has 0 bridgehead atoms. The Bertz CT molecular complexity index is 1390. The average Bonchev–Trinajstić information content (AvgIpc) is 3.30. The first-order chi connectivity index (χ1) is 19.7. The topological polar surface area (TPSA) is 136 Å². The standard InChI is InChI=1S/C31H40N3O7P/c1-21(22-14-16-24(17-15-22)41-42(38,39)40)20-27(35)32-28(31(2,3)4)30(37)34-19-9-13-26(34)29(36)33-18-8-7-11-23-10-5-6-12-25(23)33/h5-6,10,12,14-17,20,26,28H,7-9,11,13,18-19H2,1-4H3,(H,32,35)(H2,38,39,40)/b21-20+/t26-,28+/m0/s1. The fourth-order valence-electron chi connectivity index (χ4n) is 5.58. The molecule has 2 aliphatic rings.